The lowest BCUT2D eigenvalue weighted by molar-refractivity contribution is -0.140. The highest BCUT2D eigenvalue weighted by atomic mass is 35.5. The largest absolute Gasteiger partial charge is 0.478 e. The minimum absolute atomic E-state index is 0.204. The van der Waals surface area contributed by atoms with E-state index in [0.717, 1.165) is 11.6 Å². The lowest BCUT2D eigenvalue weighted by atomic mass is 10.0. The first kappa shape index (κ1) is 14.3. The molecule has 2 rings (SSSR count). The molecule has 0 aromatic heterocycles. The van der Waals surface area contributed by atoms with Gasteiger partial charge in [0.1, 0.15) is 5.25 Å². The van der Waals surface area contributed by atoms with Crippen LogP contribution >= 0.6 is 23.4 Å². The van der Waals surface area contributed by atoms with Crippen molar-refractivity contribution in [2.45, 2.75) is 23.2 Å². The first-order valence-corrected chi connectivity index (χ1v) is 6.44. The van der Waals surface area contributed by atoms with Gasteiger partial charge in [-0.1, -0.05) is 17.7 Å². The molecule has 0 radical (unpaired) electrons. The maximum Gasteiger partial charge on any atom is 0.405 e. The number of aryl methyl sites for hydroxylation is 1. The number of hydrogen-bond donors (Lipinski definition) is 1. The van der Waals surface area contributed by atoms with E-state index in [-0.39, 0.29) is 9.92 Å². The molecule has 1 aromatic carbocycles. The van der Waals surface area contributed by atoms with Crippen LogP contribution in [-0.2, 0) is 4.79 Å². The van der Waals surface area contributed by atoms with E-state index in [9.17, 15) is 18.0 Å². The summed E-state index contributed by atoms with van der Waals surface area (Å²) in [6.07, 6.45) is -3.59. The lowest BCUT2D eigenvalue weighted by Crippen LogP contribution is -2.32. The Labute approximate surface area is 116 Å². The Kier molecular flexibility index (Phi) is 3.57. The van der Waals surface area contributed by atoms with Gasteiger partial charge in [-0.05, 0) is 30.2 Å². The normalized spacial score (nSPS) is 18.8. The second kappa shape index (κ2) is 4.76. The van der Waals surface area contributed by atoms with Gasteiger partial charge >= 0.3 is 12.1 Å². The van der Waals surface area contributed by atoms with Crippen molar-refractivity contribution in [2.75, 3.05) is 0 Å². The van der Waals surface area contributed by atoms with Crippen molar-refractivity contribution in [3.63, 3.8) is 0 Å². The summed E-state index contributed by atoms with van der Waals surface area (Å²) >= 11 is 6.35. The monoisotopic (exact) mass is 308 g/mol. The van der Waals surface area contributed by atoms with Gasteiger partial charge in [0.05, 0.1) is 10.6 Å². The molecule has 0 saturated carbocycles. The molecule has 1 aliphatic rings. The maximum absolute atomic E-state index is 12.9. The second-order valence-corrected chi connectivity index (χ2v) is 5.63. The number of fused-ring (bicyclic) bond motifs is 1. The van der Waals surface area contributed by atoms with Crippen molar-refractivity contribution >= 4 is 35.4 Å². The van der Waals surface area contributed by atoms with E-state index in [1.807, 2.05) is 0 Å². The Bertz CT molecular complexity index is 581. The Balaban J connectivity index is 2.61. The van der Waals surface area contributed by atoms with E-state index in [4.69, 9.17) is 16.7 Å². The zero-order valence-electron chi connectivity index (χ0n) is 9.58. The summed E-state index contributed by atoms with van der Waals surface area (Å²) in [6, 6.07) is 3.17. The summed E-state index contributed by atoms with van der Waals surface area (Å²) in [6.45, 7) is 1.74. The molecule has 0 spiro atoms. The molecule has 1 heterocycles. The third kappa shape index (κ3) is 2.74. The van der Waals surface area contributed by atoms with Gasteiger partial charge in [0.15, 0.2) is 0 Å². The molecule has 0 saturated heterocycles. The Morgan fingerprint density at radius 2 is 2.05 bits per heavy atom. The first-order valence-electron chi connectivity index (χ1n) is 5.18. The van der Waals surface area contributed by atoms with Gasteiger partial charge in [-0.2, -0.15) is 13.2 Å². The van der Waals surface area contributed by atoms with Gasteiger partial charge in [0.25, 0.3) is 0 Å². The molecule has 1 aliphatic heterocycles. The minimum Gasteiger partial charge on any atom is -0.478 e. The summed E-state index contributed by atoms with van der Waals surface area (Å²) in [5, 5.41) is 7.03. The molecule has 7 heteroatoms. The van der Waals surface area contributed by atoms with Crippen molar-refractivity contribution in [3.05, 3.63) is 33.9 Å². The number of carbonyl (C=O) groups is 1. The zero-order chi connectivity index (χ0) is 14.4. The van der Waals surface area contributed by atoms with Crippen LogP contribution < -0.4 is 0 Å². The van der Waals surface area contributed by atoms with Crippen molar-refractivity contribution in [3.8, 4) is 0 Å². The van der Waals surface area contributed by atoms with Crippen LogP contribution in [0.25, 0.3) is 6.08 Å². The van der Waals surface area contributed by atoms with Crippen LogP contribution in [-0.4, -0.2) is 22.5 Å². The molecule has 1 atom stereocenters. The number of carboxylic acid groups (broad SMARTS) is 1. The van der Waals surface area contributed by atoms with E-state index in [2.05, 4.69) is 0 Å². The smallest absolute Gasteiger partial charge is 0.405 e. The fraction of sp³-hybridized carbons (Fsp3) is 0.250. The molecule has 1 N–H and O–H groups in total. The van der Waals surface area contributed by atoms with Gasteiger partial charge in [0, 0.05) is 4.90 Å². The van der Waals surface area contributed by atoms with Crippen molar-refractivity contribution in [2.24, 2.45) is 0 Å². The molecule has 0 aliphatic carbocycles. The third-order valence-corrected chi connectivity index (χ3v) is 4.45. The number of carboxylic acids is 1. The summed E-state index contributed by atoms with van der Waals surface area (Å²) < 4.78 is 38.7. The fourth-order valence-corrected chi connectivity index (χ4v) is 3.33. The average Bonchev–Trinajstić information content (AvgIpc) is 2.25. The molecule has 0 amide bonds. The molecular weight excluding hydrogens is 301 g/mol. The number of halogens is 4. The number of benzene rings is 1. The van der Waals surface area contributed by atoms with E-state index in [1.54, 1.807) is 19.1 Å². The van der Waals surface area contributed by atoms with E-state index >= 15 is 0 Å². The quantitative estimate of drug-likeness (QED) is 0.846. The number of rotatable bonds is 1. The molecule has 0 bridgehead atoms. The maximum atomic E-state index is 12.9. The van der Waals surface area contributed by atoms with Gasteiger partial charge < -0.3 is 5.11 Å². The molecule has 1 aromatic rings. The number of thioether (sulfide) groups is 1. The molecule has 102 valence electrons. The van der Waals surface area contributed by atoms with Crippen LogP contribution in [0.15, 0.2) is 22.6 Å². The van der Waals surface area contributed by atoms with Crippen LogP contribution in [0.5, 0.6) is 0 Å². The molecule has 19 heavy (non-hydrogen) atoms. The van der Waals surface area contributed by atoms with E-state index in [1.165, 1.54) is 0 Å². The predicted octanol–water partition coefficient (Wildman–Crippen LogP) is 4.15. The Hall–Kier alpha value is -1.14. The highest BCUT2D eigenvalue weighted by Gasteiger charge is 2.47. The number of hydrogen-bond acceptors (Lipinski definition) is 2. The Morgan fingerprint density at radius 3 is 2.58 bits per heavy atom. The SMILES string of the molecule is Cc1cc(Cl)c2c(c1)C=C(C(=O)O)C(C(F)(F)F)S2. The molecule has 2 nitrogen and oxygen atoms in total. The number of alkyl halides is 3. The van der Waals surface area contributed by atoms with Crippen molar-refractivity contribution in [1.29, 1.82) is 0 Å². The van der Waals surface area contributed by atoms with Crippen LogP contribution in [0.2, 0.25) is 5.02 Å². The van der Waals surface area contributed by atoms with E-state index < -0.39 is 23.0 Å². The highest BCUT2D eigenvalue weighted by Crippen LogP contribution is 2.47. The molecule has 1 unspecified atom stereocenters. The van der Waals surface area contributed by atoms with Crippen molar-refractivity contribution < 1.29 is 23.1 Å². The summed E-state index contributed by atoms with van der Waals surface area (Å²) in [4.78, 5) is 11.2. The van der Waals surface area contributed by atoms with Crippen LogP contribution in [0, 0.1) is 6.92 Å². The highest BCUT2D eigenvalue weighted by molar-refractivity contribution is 8.00. The summed E-state index contributed by atoms with van der Waals surface area (Å²) in [5.74, 6) is -1.57. The topological polar surface area (TPSA) is 37.3 Å². The van der Waals surface area contributed by atoms with E-state index in [0.29, 0.717) is 17.3 Å². The lowest BCUT2D eigenvalue weighted by Gasteiger charge is -2.26. The minimum atomic E-state index is -4.64. The van der Waals surface area contributed by atoms with Crippen LogP contribution in [0.4, 0.5) is 13.2 Å². The van der Waals surface area contributed by atoms with Gasteiger partial charge in [-0.15, -0.1) is 11.8 Å². The van der Waals surface area contributed by atoms with Gasteiger partial charge in [0.2, 0.25) is 0 Å². The average molecular weight is 309 g/mol. The predicted molar refractivity (Wildman–Crippen MR) is 67.5 cm³/mol. The Morgan fingerprint density at radius 1 is 1.42 bits per heavy atom. The first-order chi connectivity index (χ1) is 8.70. The van der Waals surface area contributed by atoms with Gasteiger partial charge in [-0.3, -0.25) is 0 Å². The van der Waals surface area contributed by atoms with Crippen molar-refractivity contribution in [1.82, 2.24) is 0 Å². The zero-order valence-corrected chi connectivity index (χ0v) is 11.2. The van der Waals surface area contributed by atoms with Crippen LogP contribution in [0.1, 0.15) is 11.1 Å². The summed E-state index contributed by atoms with van der Waals surface area (Å²) in [5.41, 5.74) is 0.496. The third-order valence-electron chi connectivity index (χ3n) is 2.59. The number of aliphatic carboxylic acids is 1. The standard InChI is InChI=1S/C12H8ClF3O2S/c1-5-2-6-4-7(11(17)18)10(12(14,15)16)19-9(6)8(13)3-5/h2-4,10H,1H3,(H,17,18). The molecular formula is C12H8ClF3O2S. The van der Waals surface area contributed by atoms with Crippen LogP contribution in [0.3, 0.4) is 0 Å². The fourth-order valence-electron chi connectivity index (χ4n) is 1.83. The van der Waals surface area contributed by atoms with Gasteiger partial charge in [-0.25, -0.2) is 4.79 Å². The second-order valence-electron chi connectivity index (χ2n) is 4.11. The summed E-state index contributed by atoms with van der Waals surface area (Å²) in [7, 11) is 0. The molecule has 0 fully saturated rings.